The Morgan fingerprint density at radius 1 is 1.38 bits per heavy atom. The van der Waals surface area contributed by atoms with E-state index in [0.717, 1.165) is 0 Å². The topological polar surface area (TPSA) is 20.2 Å². The zero-order valence-corrected chi connectivity index (χ0v) is 10.7. The predicted octanol–water partition coefficient (Wildman–Crippen LogP) is 3.82. The third-order valence-electron chi connectivity index (χ3n) is 2.57. The second kappa shape index (κ2) is 6.30. The Labute approximate surface area is 103 Å². The van der Waals surface area contributed by atoms with Gasteiger partial charge in [0.1, 0.15) is 11.6 Å². The van der Waals surface area contributed by atoms with Gasteiger partial charge >= 0.3 is 0 Å². The highest BCUT2D eigenvalue weighted by atomic mass is 79.9. The number of aliphatic hydroxyl groups excluding tert-OH is 1. The lowest BCUT2D eigenvalue weighted by Gasteiger charge is -2.09. The fourth-order valence-corrected chi connectivity index (χ4v) is 1.89. The first-order valence-electron chi connectivity index (χ1n) is 5.36. The molecule has 0 fully saturated rings. The first-order valence-corrected chi connectivity index (χ1v) is 6.16. The molecule has 1 aromatic rings. The van der Waals surface area contributed by atoms with E-state index >= 15 is 0 Å². The van der Waals surface area contributed by atoms with E-state index in [1.165, 1.54) is 12.1 Å². The highest BCUT2D eigenvalue weighted by molar-refractivity contribution is 9.10. The lowest BCUT2D eigenvalue weighted by molar-refractivity contribution is 0.157. The van der Waals surface area contributed by atoms with E-state index in [4.69, 9.17) is 0 Å². The van der Waals surface area contributed by atoms with Gasteiger partial charge in [-0.05, 0) is 53.7 Å². The molecule has 0 bridgehead atoms. The average molecular weight is 293 g/mol. The quantitative estimate of drug-likeness (QED) is 0.818. The zero-order valence-electron chi connectivity index (χ0n) is 9.14. The molecule has 0 radical (unpaired) electrons. The van der Waals surface area contributed by atoms with Gasteiger partial charge in [0, 0.05) is 5.56 Å². The van der Waals surface area contributed by atoms with E-state index in [1.54, 1.807) is 0 Å². The third-order valence-corrected chi connectivity index (χ3v) is 3.19. The number of benzene rings is 1. The molecule has 0 spiro atoms. The minimum Gasteiger partial charge on any atom is -0.393 e. The molecule has 0 aliphatic carbocycles. The van der Waals surface area contributed by atoms with Gasteiger partial charge in [0.05, 0.1) is 10.6 Å². The molecule has 1 nitrogen and oxygen atoms in total. The van der Waals surface area contributed by atoms with Crippen LogP contribution in [-0.4, -0.2) is 11.2 Å². The van der Waals surface area contributed by atoms with Gasteiger partial charge in [-0.2, -0.15) is 0 Å². The zero-order chi connectivity index (χ0) is 12.1. The SMILES string of the molecule is CCC(O)CCCc1c(F)ccc(Br)c1F. The van der Waals surface area contributed by atoms with Crippen LogP contribution in [0.2, 0.25) is 0 Å². The van der Waals surface area contributed by atoms with E-state index in [2.05, 4.69) is 15.9 Å². The monoisotopic (exact) mass is 292 g/mol. The molecule has 1 rings (SSSR count). The average Bonchev–Trinajstić information content (AvgIpc) is 2.28. The summed E-state index contributed by atoms with van der Waals surface area (Å²) in [4.78, 5) is 0. The summed E-state index contributed by atoms with van der Waals surface area (Å²) in [5.74, 6) is -1.06. The fourth-order valence-electron chi connectivity index (χ4n) is 1.52. The number of rotatable bonds is 5. The van der Waals surface area contributed by atoms with Crippen molar-refractivity contribution in [3.8, 4) is 0 Å². The Morgan fingerprint density at radius 2 is 2.06 bits per heavy atom. The number of aliphatic hydroxyl groups is 1. The van der Waals surface area contributed by atoms with Crippen LogP contribution in [0.5, 0.6) is 0 Å². The van der Waals surface area contributed by atoms with Crippen LogP contribution >= 0.6 is 15.9 Å². The van der Waals surface area contributed by atoms with Crippen molar-refractivity contribution in [1.82, 2.24) is 0 Å². The third kappa shape index (κ3) is 3.52. The number of hydrogen-bond acceptors (Lipinski definition) is 1. The van der Waals surface area contributed by atoms with Crippen molar-refractivity contribution in [2.24, 2.45) is 0 Å². The van der Waals surface area contributed by atoms with Gasteiger partial charge < -0.3 is 5.11 Å². The van der Waals surface area contributed by atoms with Crippen molar-refractivity contribution < 1.29 is 13.9 Å². The molecule has 0 aliphatic heterocycles. The molecule has 1 N–H and O–H groups in total. The minimum atomic E-state index is -0.536. The molecule has 0 aromatic heterocycles. The normalized spacial score (nSPS) is 12.8. The van der Waals surface area contributed by atoms with Crippen LogP contribution in [0.3, 0.4) is 0 Å². The molecule has 0 aliphatic rings. The first kappa shape index (κ1) is 13.6. The van der Waals surface area contributed by atoms with Gasteiger partial charge in [0.25, 0.3) is 0 Å². The van der Waals surface area contributed by atoms with Crippen LogP contribution in [0.25, 0.3) is 0 Å². The Hall–Kier alpha value is -0.480. The molecule has 0 saturated heterocycles. The highest BCUT2D eigenvalue weighted by Crippen LogP contribution is 2.23. The summed E-state index contributed by atoms with van der Waals surface area (Å²) < 4.78 is 27.1. The molecule has 90 valence electrons. The standard InChI is InChI=1S/C12H15BrF2O/c1-2-8(16)4-3-5-9-11(14)7-6-10(13)12(9)15/h6-8,16H,2-5H2,1H3. The van der Waals surface area contributed by atoms with Crippen LogP contribution in [0.1, 0.15) is 31.7 Å². The van der Waals surface area contributed by atoms with Gasteiger partial charge in [-0.1, -0.05) is 6.92 Å². The molecule has 0 heterocycles. The molecule has 0 saturated carbocycles. The van der Waals surface area contributed by atoms with Crippen LogP contribution in [-0.2, 0) is 6.42 Å². The lowest BCUT2D eigenvalue weighted by atomic mass is 10.0. The molecule has 1 unspecified atom stereocenters. The molecular weight excluding hydrogens is 278 g/mol. The van der Waals surface area contributed by atoms with Crippen LogP contribution in [0, 0.1) is 11.6 Å². The summed E-state index contributed by atoms with van der Waals surface area (Å²) in [5, 5.41) is 9.33. The maximum absolute atomic E-state index is 13.5. The molecular formula is C12H15BrF2O. The maximum atomic E-state index is 13.5. The van der Waals surface area contributed by atoms with E-state index in [0.29, 0.717) is 25.7 Å². The van der Waals surface area contributed by atoms with Crippen LogP contribution in [0.4, 0.5) is 8.78 Å². The Morgan fingerprint density at radius 3 is 2.69 bits per heavy atom. The molecule has 1 atom stereocenters. The van der Waals surface area contributed by atoms with Gasteiger partial charge in [0.2, 0.25) is 0 Å². The lowest BCUT2D eigenvalue weighted by Crippen LogP contribution is -2.05. The minimum absolute atomic E-state index is 0.0951. The molecule has 1 aromatic carbocycles. The second-order valence-electron chi connectivity index (χ2n) is 3.78. The van der Waals surface area contributed by atoms with Crippen molar-refractivity contribution in [1.29, 1.82) is 0 Å². The van der Waals surface area contributed by atoms with Gasteiger partial charge in [0.15, 0.2) is 0 Å². The smallest absolute Gasteiger partial charge is 0.143 e. The highest BCUT2D eigenvalue weighted by Gasteiger charge is 2.12. The number of halogens is 3. The summed E-state index contributed by atoms with van der Waals surface area (Å²) in [6.07, 6.45) is 1.76. The van der Waals surface area contributed by atoms with Crippen molar-refractivity contribution in [3.63, 3.8) is 0 Å². The predicted molar refractivity (Wildman–Crippen MR) is 63.3 cm³/mol. The van der Waals surface area contributed by atoms with Crippen molar-refractivity contribution >= 4 is 15.9 Å². The molecule has 0 amide bonds. The van der Waals surface area contributed by atoms with Crippen LogP contribution < -0.4 is 0 Å². The Kier molecular flexibility index (Phi) is 5.35. The summed E-state index contributed by atoms with van der Waals surface area (Å²) >= 11 is 3.02. The van der Waals surface area contributed by atoms with Crippen molar-refractivity contribution in [2.75, 3.05) is 0 Å². The largest absolute Gasteiger partial charge is 0.393 e. The summed E-state index contributed by atoms with van der Waals surface area (Å²) in [7, 11) is 0. The molecule has 4 heteroatoms. The summed E-state index contributed by atoms with van der Waals surface area (Å²) in [6.45, 7) is 1.88. The van der Waals surface area contributed by atoms with Crippen molar-refractivity contribution in [2.45, 2.75) is 38.7 Å². The number of hydrogen-bond donors (Lipinski definition) is 1. The van der Waals surface area contributed by atoms with E-state index in [9.17, 15) is 13.9 Å². The summed E-state index contributed by atoms with van der Waals surface area (Å²) in [6, 6.07) is 2.60. The maximum Gasteiger partial charge on any atom is 0.143 e. The van der Waals surface area contributed by atoms with Crippen LogP contribution in [0.15, 0.2) is 16.6 Å². The molecule has 16 heavy (non-hydrogen) atoms. The van der Waals surface area contributed by atoms with E-state index in [-0.39, 0.29) is 16.1 Å². The van der Waals surface area contributed by atoms with Gasteiger partial charge in [-0.3, -0.25) is 0 Å². The fraction of sp³-hybridized carbons (Fsp3) is 0.500. The Bertz CT molecular complexity index is 355. The summed E-state index contributed by atoms with van der Waals surface area (Å²) in [5.41, 5.74) is 0.0951. The first-order chi connectivity index (χ1) is 7.56. The van der Waals surface area contributed by atoms with Gasteiger partial charge in [-0.25, -0.2) is 8.78 Å². The Balaban J connectivity index is 2.63. The van der Waals surface area contributed by atoms with E-state index < -0.39 is 11.6 Å². The van der Waals surface area contributed by atoms with Crippen molar-refractivity contribution in [3.05, 3.63) is 33.8 Å². The second-order valence-corrected chi connectivity index (χ2v) is 4.63. The van der Waals surface area contributed by atoms with Gasteiger partial charge in [-0.15, -0.1) is 0 Å². The van der Waals surface area contributed by atoms with E-state index in [1.807, 2.05) is 6.92 Å².